The minimum atomic E-state index is -0.268. The lowest BCUT2D eigenvalue weighted by Gasteiger charge is -2.07. The second-order valence-electron chi connectivity index (χ2n) is 3.84. The molecule has 5 heteroatoms. The quantitative estimate of drug-likeness (QED) is 0.864. The lowest BCUT2D eigenvalue weighted by atomic mass is 10.2. The molecule has 3 nitrogen and oxygen atoms in total. The molecular formula is C12H13BrFN3. The van der Waals surface area contributed by atoms with Crippen LogP contribution in [0.3, 0.4) is 0 Å². The highest BCUT2D eigenvalue weighted by Crippen LogP contribution is 2.22. The SMILES string of the molecule is CCCCc1cnnn1-c1ccc(F)cc1Br. The van der Waals surface area contributed by atoms with Crippen molar-refractivity contribution >= 4 is 15.9 Å². The molecule has 0 bridgehead atoms. The second kappa shape index (κ2) is 5.40. The molecule has 0 spiro atoms. The van der Waals surface area contributed by atoms with Crippen molar-refractivity contribution in [2.45, 2.75) is 26.2 Å². The minimum absolute atomic E-state index is 0.268. The van der Waals surface area contributed by atoms with Gasteiger partial charge in [-0.15, -0.1) is 5.10 Å². The van der Waals surface area contributed by atoms with Gasteiger partial charge in [0.25, 0.3) is 0 Å². The van der Waals surface area contributed by atoms with Crippen LogP contribution in [0.1, 0.15) is 25.5 Å². The van der Waals surface area contributed by atoms with E-state index < -0.39 is 0 Å². The van der Waals surface area contributed by atoms with Crippen LogP contribution in [0.15, 0.2) is 28.9 Å². The molecule has 0 fully saturated rings. The summed E-state index contributed by atoms with van der Waals surface area (Å²) in [6.07, 6.45) is 4.89. The largest absolute Gasteiger partial charge is 0.216 e. The second-order valence-corrected chi connectivity index (χ2v) is 4.69. The number of aromatic nitrogens is 3. The number of halogens is 2. The van der Waals surface area contributed by atoms with E-state index in [4.69, 9.17) is 0 Å². The maximum absolute atomic E-state index is 13.0. The van der Waals surface area contributed by atoms with E-state index in [1.54, 1.807) is 16.9 Å². The van der Waals surface area contributed by atoms with Crippen LogP contribution in [0.25, 0.3) is 5.69 Å². The fourth-order valence-electron chi connectivity index (χ4n) is 1.64. The Morgan fingerprint density at radius 3 is 2.94 bits per heavy atom. The summed E-state index contributed by atoms with van der Waals surface area (Å²) in [5.74, 6) is -0.268. The van der Waals surface area contributed by atoms with Crippen LogP contribution < -0.4 is 0 Å². The van der Waals surface area contributed by atoms with Crippen molar-refractivity contribution in [3.63, 3.8) is 0 Å². The number of hydrogen-bond donors (Lipinski definition) is 0. The third-order valence-electron chi connectivity index (χ3n) is 2.54. The van der Waals surface area contributed by atoms with Crippen LogP contribution in [-0.2, 0) is 6.42 Å². The van der Waals surface area contributed by atoms with Crippen molar-refractivity contribution in [1.82, 2.24) is 15.0 Å². The monoisotopic (exact) mass is 297 g/mol. The fraction of sp³-hybridized carbons (Fsp3) is 0.333. The molecule has 0 aliphatic carbocycles. The van der Waals surface area contributed by atoms with Gasteiger partial charge in [-0.25, -0.2) is 9.07 Å². The summed E-state index contributed by atoms with van der Waals surface area (Å²) in [5.41, 5.74) is 1.86. The number of hydrogen-bond acceptors (Lipinski definition) is 2. The highest BCUT2D eigenvalue weighted by Gasteiger charge is 2.09. The van der Waals surface area contributed by atoms with Crippen molar-refractivity contribution < 1.29 is 4.39 Å². The minimum Gasteiger partial charge on any atom is -0.216 e. The molecule has 2 aromatic rings. The molecule has 0 saturated heterocycles. The fourth-order valence-corrected chi connectivity index (χ4v) is 2.16. The Hall–Kier alpha value is -1.23. The molecule has 0 atom stereocenters. The Kier molecular flexibility index (Phi) is 3.89. The molecule has 0 radical (unpaired) electrons. The van der Waals surface area contributed by atoms with Gasteiger partial charge in [0.2, 0.25) is 0 Å². The van der Waals surface area contributed by atoms with E-state index in [1.807, 2.05) is 0 Å². The van der Waals surface area contributed by atoms with Gasteiger partial charge in [-0.05, 0) is 47.0 Å². The average Bonchev–Trinajstić information content (AvgIpc) is 2.74. The summed E-state index contributed by atoms with van der Waals surface area (Å²) in [6, 6.07) is 4.55. The molecule has 1 heterocycles. The Balaban J connectivity index is 2.35. The molecule has 0 unspecified atom stereocenters. The van der Waals surface area contributed by atoms with E-state index >= 15 is 0 Å². The number of rotatable bonds is 4. The number of aryl methyl sites for hydroxylation is 1. The van der Waals surface area contributed by atoms with E-state index in [0.717, 1.165) is 30.6 Å². The Morgan fingerprint density at radius 1 is 1.41 bits per heavy atom. The van der Waals surface area contributed by atoms with Crippen molar-refractivity contribution in [1.29, 1.82) is 0 Å². The molecule has 0 N–H and O–H groups in total. The third kappa shape index (κ3) is 2.72. The normalized spacial score (nSPS) is 10.8. The van der Waals surface area contributed by atoms with Gasteiger partial charge in [0.15, 0.2) is 0 Å². The summed E-state index contributed by atoms with van der Waals surface area (Å²) in [6.45, 7) is 2.14. The van der Waals surface area contributed by atoms with Gasteiger partial charge in [0.05, 0.1) is 17.6 Å². The maximum atomic E-state index is 13.0. The maximum Gasteiger partial charge on any atom is 0.124 e. The zero-order valence-corrected chi connectivity index (χ0v) is 11.1. The smallest absolute Gasteiger partial charge is 0.124 e. The zero-order chi connectivity index (χ0) is 12.3. The van der Waals surface area contributed by atoms with E-state index in [9.17, 15) is 4.39 Å². The lowest BCUT2D eigenvalue weighted by molar-refractivity contribution is 0.625. The Labute approximate surface area is 108 Å². The van der Waals surface area contributed by atoms with Crippen molar-refractivity contribution in [2.24, 2.45) is 0 Å². The predicted molar refractivity (Wildman–Crippen MR) is 67.6 cm³/mol. The van der Waals surface area contributed by atoms with Crippen LogP contribution in [0, 0.1) is 5.82 Å². The van der Waals surface area contributed by atoms with E-state index in [0.29, 0.717) is 4.47 Å². The molecular weight excluding hydrogens is 285 g/mol. The highest BCUT2D eigenvalue weighted by molar-refractivity contribution is 9.10. The number of nitrogens with zero attached hydrogens (tertiary/aromatic N) is 3. The first-order chi connectivity index (χ1) is 8.22. The number of unbranched alkanes of at least 4 members (excludes halogenated alkanes) is 1. The molecule has 0 amide bonds. The van der Waals surface area contributed by atoms with Gasteiger partial charge in [0.1, 0.15) is 5.82 Å². The summed E-state index contributed by atoms with van der Waals surface area (Å²) >= 11 is 3.34. The molecule has 0 saturated carbocycles. The molecule has 1 aromatic heterocycles. The summed E-state index contributed by atoms with van der Waals surface area (Å²) in [4.78, 5) is 0. The molecule has 2 rings (SSSR count). The van der Waals surface area contributed by atoms with Crippen LogP contribution in [0.2, 0.25) is 0 Å². The van der Waals surface area contributed by atoms with Crippen LogP contribution in [0.4, 0.5) is 4.39 Å². The average molecular weight is 298 g/mol. The van der Waals surface area contributed by atoms with Gasteiger partial charge >= 0.3 is 0 Å². The van der Waals surface area contributed by atoms with Crippen molar-refractivity contribution in [3.05, 3.63) is 40.4 Å². The van der Waals surface area contributed by atoms with Crippen molar-refractivity contribution in [2.75, 3.05) is 0 Å². The van der Waals surface area contributed by atoms with E-state index in [-0.39, 0.29) is 5.82 Å². The molecule has 0 aliphatic rings. The zero-order valence-electron chi connectivity index (χ0n) is 9.53. The molecule has 90 valence electrons. The predicted octanol–water partition coefficient (Wildman–Crippen LogP) is 3.51. The van der Waals surface area contributed by atoms with E-state index in [1.165, 1.54) is 12.1 Å². The van der Waals surface area contributed by atoms with Crippen molar-refractivity contribution in [3.8, 4) is 5.69 Å². The van der Waals surface area contributed by atoms with Gasteiger partial charge in [-0.1, -0.05) is 18.6 Å². The first kappa shape index (κ1) is 12.2. The van der Waals surface area contributed by atoms with Gasteiger partial charge in [-0.3, -0.25) is 0 Å². The van der Waals surface area contributed by atoms with Gasteiger partial charge in [0, 0.05) is 4.47 Å². The third-order valence-corrected chi connectivity index (χ3v) is 3.18. The van der Waals surface area contributed by atoms with Gasteiger partial charge in [-0.2, -0.15) is 0 Å². The topological polar surface area (TPSA) is 30.7 Å². The number of benzene rings is 1. The lowest BCUT2D eigenvalue weighted by Crippen LogP contribution is -2.03. The van der Waals surface area contributed by atoms with Crippen LogP contribution >= 0.6 is 15.9 Å². The molecule has 1 aromatic carbocycles. The van der Waals surface area contributed by atoms with Crippen LogP contribution in [-0.4, -0.2) is 15.0 Å². The standard InChI is InChI=1S/C12H13BrFN3/c1-2-3-4-10-8-15-16-17(10)12-6-5-9(14)7-11(12)13/h5-8H,2-4H2,1H3. The first-order valence-electron chi connectivity index (χ1n) is 5.57. The van der Waals surface area contributed by atoms with E-state index in [2.05, 4.69) is 33.2 Å². The highest BCUT2D eigenvalue weighted by atomic mass is 79.9. The molecule has 0 aliphatic heterocycles. The van der Waals surface area contributed by atoms with Crippen LogP contribution in [0.5, 0.6) is 0 Å². The summed E-state index contributed by atoms with van der Waals surface area (Å²) < 4.78 is 15.4. The molecule has 17 heavy (non-hydrogen) atoms. The summed E-state index contributed by atoms with van der Waals surface area (Å²) in [7, 11) is 0. The first-order valence-corrected chi connectivity index (χ1v) is 6.36. The Morgan fingerprint density at radius 2 is 2.24 bits per heavy atom. The van der Waals surface area contributed by atoms with Gasteiger partial charge < -0.3 is 0 Å². The summed E-state index contributed by atoms with van der Waals surface area (Å²) in [5, 5.41) is 7.96. The Bertz CT molecular complexity index is 510.